The summed E-state index contributed by atoms with van der Waals surface area (Å²) in [5.74, 6) is -0.245. The van der Waals surface area contributed by atoms with E-state index in [1.165, 1.54) is 12.1 Å². The zero-order valence-electron chi connectivity index (χ0n) is 10.0. The predicted octanol–water partition coefficient (Wildman–Crippen LogP) is 1.98. The molecular formula is C13H16FN3. The molecule has 3 nitrogen and oxygen atoms in total. The third kappa shape index (κ3) is 2.71. The molecule has 2 rings (SSSR count). The number of hydrogen-bond acceptors (Lipinski definition) is 2. The quantitative estimate of drug-likeness (QED) is 0.881. The molecule has 1 atom stereocenters. The maximum Gasteiger partial charge on any atom is 0.123 e. The predicted molar refractivity (Wildman–Crippen MR) is 64.9 cm³/mol. The number of rotatable bonds is 3. The van der Waals surface area contributed by atoms with E-state index in [1.807, 2.05) is 20.2 Å². The highest BCUT2D eigenvalue weighted by molar-refractivity contribution is 5.26. The lowest BCUT2D eigenvalue weighted by atomic mass is 9.87. The largest absolute Gasteiger partial charge is 0.321 e. The molecule has 2 aromatic rings. The smallest absolute Gasteiger partial charge is 0.123 e. The number of aryl methyl sites for hydroxylation is 1. The second kappa shape index (κ2) is 4.30. The van der Waals surface area contributed by atoms with E-state index in [4.69, 9.17) is 5.73 Å². The summed E-state index contributed by atoms with van der Waals surface area (Å²) in [6.45, 7) is 1.94. The maximum absolute atomic E-state index is 12.9. The Kier molecular flexibility index (Phi) is 2.98. The summed E-state index contributed by atoms with van der Waals surface area (Å²) in [5, 5.41) is 4.11. The summed E-state index contributed by atoms with van der Waals surface area (Å²) < 4.78 is 14.6. The number of aromatic nitrogens is 2. The fourth-order valence-corrected chi connectivity index (χ4v) is 1.92. The first-order valence-electron chi connectivity index (χ1n) is 5.50. The number of nitrogens with zero attached hydrogens (tertiary/aromatic N) is 2. The van der Waals surface area contributed by atoms with Crippen molar-refractivity contribution in [1.29, 1.82) is 0 Å². The first kappa shape index (κ1) is 11.8. The molecule has 0 aliphatic carbocycles. The topological polar surface area (TPSA) is 43.8 Å². The van der Waals surface area contributed by atoms with Gasteiger partial charge >= 0.3 is 0 Å². The molecule has 1 unspecified atom stereocenters. The lowest BCUT2D eigenvalue weighted by molar-refractivity contribution is 0.489. The van der Waals surface area contributed by atoms with E-state index in [2.05, 4.69) is 5.10 Å². The molecule has 0 saturated carbocycles. The Hall–Kier alpha value is -1.68. The molecule has 1 aromatic heterocycles. The summed E-state index contributed by atoms with van der Waals surface area (Å²) in [5.41, 5.74) is 7.74. The molecule has 0 saturated heterocycles. The van der Waals surface area contributed by atoms with Crippen LogP contribution in [0.3, 0.4) is 0 Å². The van der Waals surface area contributed by atoms with E-state index >= 15 is 0 Å². The molecule has 0 aliphatic rings. The van der Waals surface area contributed by atoms with Crippen molar-refractivity contribution in [2.24, 2.45) is 12.8 Å². The van der Waals surface area contributed by atoms with Crippen molar-refractivity contribution in [3.05, 3.63) is 53.6 Å². The van der Waals surface area contributed by atoms with Crippen molar-refractivity contribution in [1.82, 2.24) is 9.78 Å². The third-order valence-corrected chi connectivity index (χ3v) is 2.83. The lowest BCUT2D eigenvalue weighted by Crippen LogP contribution is -2.35. The summed E-state index contributed by atoms with van der Waals surface area (Å²) in [7, 11) is 1.87. The molecular weight excluding hydrogens is 217 g/mol. The van der Waals surface area contributed by atoms with E-state index in [-0.39, 0.29) is 5.82 Å². The minimum atomic E-state index is -0.517. The Morgan fingerprint density at radius 3 is 2.53 bits per heavy atom. The Labute approximate surface area is 100 Å². The first-order valence-corrected chi connectivity index (χ1v) is 5.50. The van der Waals surface area contributed by atoms with Crippen molar-refractivity contribution in [2.45, 2.75) is 18.9 Å². The van der Waals surface area contributed by atoms with Gasteiger partial charge in [-0.05, 0) is 36.6 Å². The summed E-state index contributed by atoms with van der Waals surface area (Å²) >= 11 is 0. The molecule has 0 spiro atoms. The van der Waals surface area contributed by atoms with Crippen LogP contribution in [0.4, 0.5) is 4.39 Å². The molecule has 0 aliphatic heterocycles. The van der Waals surface area contributed by atoms with Crippen molar-refractivity contribution in [3.8, 4) is 0 Å². The summed E-state index contributed by atoms with van der Waals surface area (Å²) in [6, 6.07) is 6.32. The minimum absolute atomic E-state index is 0.245. The summed E-state index contributed by atoms with van der Waals surface area (Å²) in [4.78, 5) is 0. The second-order valence-electron chi connectivity index (χ2n) is 4.62. The first-order chi connectivity index (χ1) is 7.97. The van der Waals surface area contributed by atoms with Crippen LogP contribution in [0.1, 0.15) is 18.1 Å². The fourth-order valence-electron chi connectivity index (χ4n) is 1.92. The van der Waals surface area contributed by atoms with Crippen LogP contribution in [0.15, 0.2) is 36.7 Å². The third-order valence-electron chi connectivity index (χ3n) is 2.83. The molecule has 1 aromatic carbocycles. The molecule has 17 heavy (non-hydrogen) atoms. The Morgan fingerprint density at radius 2 is 2.00 bits per heavy atom. The van der Waals surface area contributed by atoms with E-state index in [9.17, 15) is 4.39 Å². The van der Waals surface area contributed by atoms with Gasteiger partial charge in [-0.3, -0.25) is 4.68 Å². The highest BCUT2D eigenvalue weighted by Crippen LogP contribution is 2.22. The molecule has 90 valence electrons. The molecule has 2 N–H and O–H groups in total. The highest BCUT2D eigenvalue weighted by atomic mass is 19.1. The Bertz CT molecular complexity index is 500. The highest BCUT2D eigenvalue weighted by Gasteiger charge is 2.22. The van der Waals surface area contributed by atoms with Crippen LogP contribution in [0.2, 0.25) is 0 Å². The fraction of sp³-hybridized carbons (Fsp3) is 0.308. The van der Waals surface area contributed by atoms with Gasteiger partial charge in [-0.15, -0.1) is 0 Å². The van der Waals surface area contributed by atoms with E-state index in [0.717, 1.165) is 11.1 Å². The van der Waals surface area contributed by atoms with Gasteiger partial charge in [0.15, 0.2) is 0 Å². The monoisotopic (exact) mass is 233 g/mol. The van der Waals surface area contributed by atoms with Crippen LogP contribution in [-0.4, -0.2) is 9.78 Å². The van der Waals surface area contributed by atoms with Gasteiger partial charge < -0.3 is 5.73 Å². The van der Waals surface area contributed by atoms with E-state index < -0.39 is 5.54 Å². The molecule has 0 radical (unpaired) electrons. The Morgan fingerprint density at radius 1 is 1.35 bits per heavy atom. The van der Waals surface area contributed by atoms with Crippen LogP contribution in [0.25, 0.3) is 0 Å². The number of nitrogens with two attached hydrogens (primary N) is 1. The lowest BCUT2D eigenvalue weighted by Gasteiger charge is -2.24. The van der Waals surface area contributed by atoms with Gasteiger partial charge in [0.2, 0.25) is 0 Å². The SMILES string of the molecule is Cn1cc(CC(C)(N)c2ccc(F)cc2)cn1. The molecule has 0 bridgehead atoms. The molecule has 0 amide bonds. The summed E-state index contributed by atoms with van der Waals surface area (Å²) in [6.07, 6.45) is 4.41. The maximum atomic E-state index is 12.9. The van der Waals surface area contributed by atoms with Crippen LogP contribution in [0, 0.1) is 5.82 Å². The zero-order chi connectivity index (χ0) is 12.5. The normalized spacial score (nSPS) is 14.6. The Balaban J connectivity index is 2.21. The van der Waals surface area contributed by atoms with Crippen molar-refractivity contribution < 1.29 is 4.39 Å². The average Bonchev–Trinajstić information content (AvgIpc) is 2.63. The van der Waals surface area contributed by atoms with Gasteiger partial charge in [0.05, 0.1) is 6.20 Å². The minimum Gasteiger partial charge on any atom is -0.321 e. The van der Waals surface area contributed by atoms with Gasteiger partial charge in [0.1, 0.15) is 5.82 Å². The molecule has 1 heterocycles. The molecule has 0 fully saturated rings. The number of halogens is 1. The van der Waals surface area contributed by atoms with Crippen molar-refractivity contribution >= 4 is 0 Å². The van der Waals surface area contributed by atoms with Gasteiger partial charge in [-0.1, -0.05) is 12.1 Å². The standard InChI is InChI=1S/C13H16FN3/c1-13(15,7-10-8-16-17(2)9-10)11-3-5-12(14)6-4-11/h3-6,8-9H,7,15H2,1-2H3. The van der Waals surface area contributed by atoms with Crippen LogP contribution in [0.5, 0.6) is 0 Å². The van der Waals surface area contributed by atoms with Crippen LogP contribution < -0.4 is 5.73 Å². The van der Waals surface area contributed by atoms with Crippen molar-refractivity contribution in [3.63, 3.8) is 0 Å². The second-order valence-corrected chi connectivity index (χ2v) is 4.62. The van der Waals surface area contributed by atoms with Gasteiger partial charge in [0, 0.05) is 18.8 Å². The van der Waals surface area contributed by atoms with Gasteiger partial charge in [0.25, 0.3) is 0 Å². The van der Waals surface area contributed by atoms with Crippen LogP contribution in [-0.2, 0) is 19.0 Å². The van der Waals surface area contributed by atoms with Crippen molar-refractivity contribution in [2.75, 3.05) is 0 Å². The number of hydrogen-bond donors (Lipinski definition) is 1. The van der Waals surface area contributed by atoms with Gasteiger partial charge in [-0.25, -0.2) is 4.39 Å². The van der Waals surface area contributed by atoms with E-state index in [1.54, 1.807) is 23.0 Å². The van der Waals surface area contributed by atoms with Crippen LogP contribution >= 0.6 is 0 Å². The molecule has 4 heteroatoms. The zero-order valence-corrected chi connectivity index (χ0v) is 10.0. The number of benzene rings is 1. The van der Waals surface area contributed by atoms with Gasteiger partial charge in [-0.2, -0.15) is 5.10 Å². The van der Waals surface area contributed by atoms with E-state index in [0.29, 0.717) is 6.42 Å². The average molecular weight is 233 g/mol.